The van der Waals surface area contributed by atoms with Gasteiger partial charge in [0.05, 0.1) is 12.2 Å². The monoisotopic (exact) mass is 438 g/mol. The van der Waals surface area contributed by atoms with Crippen LogP contribution in [0.25, 0.3) is 10.9 Å². The third-order valence-corrected chi connectivity index (χ3v) is 6.10. The van der Waals surface area contributed by atoms with E-state index in [4.69, 9.17) is 9.84 Å². The van der Waals surface area contributed by atoms with E-state index in [1.807, 2.05) is 13.8 Å². The molecule has 4 rings (SSSR count). The van der Waals surface area contributed by atoms with Crippen LogP contribution in [-0.4, -0.2) is 64.5 Å². The zero-order chi connectivity index (χ0) is 23.2. The van der Waals surface area contributed by atoms with Crippen LogP contribution in [0.5, 0.6) is 5.75 Å². The molecule has 8 heteroatoms. The highest BCUT2D eigenvalue weighted by Gasteiger charge is 2.40. The molecule has 2 atom stereocenters. The van der Waals surface area contributed by atoms with Gasteiger partial charge >= 0.3 is 0 Å². The van der Waals surface area contributed by atoms with Gasteiger partial charge in [-0.2, -0.15) is 0 Å². The Bertz CT molecular complexity index is 1210. The summed E-state index contributed by atoms with van der Waals surface area (Å²) in [6.45, 7) is 3.23. The predicted molar refractivity (Wildman–Crippen MR) is 118 cm³/mol. The number of nitrogens with one attached hydrogen (secondary N) is 2. The molecule has 1 amide bonds. The summed E-state index contributed by atoms with van der Waals surface area (Å²) in [7, 11) is 1.57. The van der Waals surface area contributed by atoms with E-state index in [1.165, 1.54) is 0 Å². The Kier molecular flexibility index (Phi) is 5.54. The molecular weight excluding hydrogens is 412 g/mol. The molecule has 0 radical (unpaired) electrons. The summed E-state index contributed by atoms with van der Waals surface area (Å²) in [5.41, 5.74) is 3.32. The number of carbonyl (C=O) groups is 2. The molecule has 0 fully saturated rings. The second-order valence-corrected chi connectivity index (χ2v) is 8.50. The van der Waals surface area contributed by atoms with Gasteiger partial charge in [0, 0.05) is 40.2 Å². The highest BCUT2D eigenvalue weighted by atomic mass is 16.5. The number of carbonyl (C=O) groups excluding carboxylic acids is 2. The lowest BCUT2D eigenvalue weighted by Gasteiger charge is -2.32. The molecule has 0 bridgehead atoms. The molecule has 1 aliphatic carbocycles. The number of hydrogen-bond donors (Lipinski definition) is 5. The van der Waals surface area contributed by atoms with Gasteiger partial charge in [0.25, 0.3) is 5.91 Å². The fourth-order valence-electron chi connectivity index (χ4n) is 4.20. The van der Waals surface area contributed by atoms with E-state index in [0.29, 0.717) is 28.0 Å². The second kappa shape index (κ2) is 8.05. The van der Waals surface area contributed by atoms with Crippen LogP contribution in [0, 0.1) is 0 Å². The summed E-state index contributed by atoms with van der Waals surface area (Å²) in [6.07, 6.45) is -2.53. The standard InChI is InChI=1S/C24H26N2O6/c1-24(2)16-9-13(32-11-19(29)18(28)10-27)5-7-14(16)21(30)20-15-6-4-12(23(31)25-3)8-17(15)26-22(20)24/h4-9,18-19,26-29H,10-11H2,1-3H3,(H,25,31). The lowest BCUT2D eigenvalue weighted by atomic mass is 9.71. The molecule has 0 saturated heterocycles. The fourth-order valence-corrected chi connectivity index (χ4v) is 4.20. The quantitative estimate of drug-likeness (QED) is 0.396. The van der Waals surface area contributed by atoms with Gasteiger partial charge in [-0.3, -0.25) is 9.59 Å². The van der Waals surface area contributed by atoms with Gasteiger partial charge in [-0.15, -0.1) is 0 Å². The maximum absolute atomic E-state index is 13.4. The first-order valence-electron chi connectivity index (χ1n) is 10.4. The van der Waals surface area contributed by atoms with Gasteiger partial charge in [-0.05, 0) is 35.9 Å². The number of hydrogen-bond acceptors (Lipinski definition) is 6. The lowest BCUT2D eigenvalue weighted by Crippen LogP contribution is -2.34. The number of benzene rings is 2. The van der Waals surface area contributed by atoms with Crippen molar-refractivity contribution in [3.63, 3.8) is 0 Å². The van der Waals surface area contributed by atoms with E-state index in [0.717, 1.165) is 16.6 Å². The normalized spacial score (nSPS) is 16.2. The number of fused-ring (bicyclic) bond motifs is 4. The first-order chi connectivity index (χ1) is 15.2. The van der Waals surface area contributed by atoms with Crippen LogP contribution in [0.4, 0.5) is 0 Å². The average Bonchev–Trinajstić information content (AvgIpc) is 3.20. The zero-order valence-electron chi connectivity index (χ0n) is 18.1. The summed E-state index contributed by atoms with van der Waals surface area (Å²) in [6, 6.07) is 10.3. The number of ketones is 1. The number of amides is 1. The van der Waals surface area contributed by atoms with E-state index in [2.05, 4.69) is 10.3 Å². The number of ether oxygens (including phenoxy) is 1. The molecule has 2 unspecified atom stereocenters. The Morgan fingerprint density at radius 2 is 1.91 bits per heavy atom. The minimum atomic E-state index is -1.29. The first-order valence-corrected chi connectivity index (χ1v) is 10.4. The Labute approximate surface area is 184 Å². The van der Waals surface area contributed by atoms with E-state index >= 15 is 0 Å². The Morgan fingerprint density at radius 3 is 2.59 bits per heavy atom. The molecule has 32 heavy (non-hydrogen) atoms. The number of aromatic nitrogens is 1. The lowest BCUT2D eigenvalue weighted by molar-refractivity contribution is -0.0339. The number of aromatic amines is 1. The van der Waals surface area contributed by atoms with Gasteiger partial charge in [-0.25, -0.2) is 0 Å². The number of aliphatic hydroxyl groups excluding tert-OH is 3. The van der Waals surface area contributed by atoms with Crippen molar-refractivity contribution in [3.8, 4) is 5.75 Å². The molecule has 1 heterocycles. The van der Waals surface area contributed by atoms with Crippen molar-refractivity contribution in [1.82, 2.24) is 10.3 Å². The van der Waals surface area contributed by atoms with Crippen LogP contribution >= 0.6 is 0 Å². The van der Waals surface area contributed by atoms with Crippen molar-refractivity contribution in [2.75, 3.05) is 20.3 Å². The van der Waals surface area contributed by atoms with Gasteiger partial charge in [0.15, 0.2) is 5.78 Å². The van der Waals surface area contributed by atoms with Crippen molar-refractivity contribution >= 4 is 22.6 Å². The highest BCUT2D eigenvalue weighted by Crippen LogP contribution is 2.44. The summed E-state index contributed by atoms with van der Waals surface area (Å²) in [5, 5.41) is 31.6. The van der Waals surface area contributed by atoms with E-state index in [9.17, 15) is 19.8 Å². The molecule has 5 N–H and O–H groups in total. The molecule has 0 saturated carbocycles. The third kappa shape index (κ3) is 3.46. The van der Waals surface area contributed by atoms with Crippen LogP contribution in [0.15, 0.2) is 36.4 Å². The highest BCUT2D eigenvalue weighted by molar-refractivity contribution is 6.20. The molecule has 2 aromatic carbocycles. The third-order valence-electron chi connectivity index (χ3n) is 6.10. The van der Waals surface area contributed by atoms with Crippen LogP contribution in [0.1, 0.15) is 51.4 Å². The maximum atomic E-state index is 13.4. The van der Waals surface area contributed by atoms with E-state index in [1.54, 1.807) is 43.4 Å². The van der Waals surface area contributed by atoms with Crippen LogP contribution in [-0.2, 0) is 5.41 Å². The van der Waals surface area contributed by atoms with Crippen LogP contribution < -0.4 is 10.1 Å². The van der Waals surface area contributed by atoms with Crippen LogP contribution in [0.2, 0.25) is 0 Å². The molecule has 8 nitrogen and oxygen atoms in total. The minimum Gasteiger partial charge on any atom is -0.491 e. The summed E-state index contributed by atoms with van der Waals surface area (Å²) >= 11 is 0. The largest absolute Gasteiger partial charge is 0.491 e. The van der Waals surface area contributed by atoms with Crippen molar-refractivity contribution in [3.05, 3.63) is 64.3 Å². The summed E-state index contributed by atoms with van der Waals surface area (Å²) in [5.74, 6) is 0.120. The maximum Gasteiger partial charge on any atom is 0.251 e. The summed E-state index contributed by atoms with van der Waals surface area (Å²) in [4.78, 5) is 28.8. The zero-order valence-corrected chi connectivity index (χ0v) is 18.1. The number of aliphatic hydroxyl groups is 3. The molecule has 168 valence electrons. The SMILES string of the molecule is CNC(=O)c1ccc2c3c([nH]c2c1)C(C)(C)c1cc(OCC(O)C(O)CO)ccc1C3=O. The number of rotatable bonds is 6. The molecule has 0 aliphatic heterocycles. The Balaban J connectivity index is 1.74. The smallest absolute Gasteiger partial charge is 0.251 e. The van der Waals surface area contributed by atoms with Gasteiger partial charge in [-0.1, -0.05) is 19.9 Å². The van der Waals surface area contributed by atoms with Crippen LogP contribution in [0.3, 0.4) is 0 Å². The first kappa shape index (κ1) is 22.0. The van der Waals surface area contributed by atoms with Crippen molar-refractivity contribution in [1.29, 1.82) is 0 Å². The molecule has 1 aliphatic rings. The van der Waals surface area contributed by atoms with Crippen molar-refractivity contribution in [2.45, 2.75) is 31.5 Å². The van der Waals surface area contributed by atoms with Crippen molar-refractivity contribution in [2.24, 2.45) is 0 Å². The fraction of sp³-hybridized carbons (Fsp3) is 0.333. The van der Waals surface area contributed by atoms with Crippen molar-refractivity contribution < 1.29 is 29.6 Å². The average molecular weight is 438 g/mol. The van der Waals surface area contributed by atoms with Gasteiger partial charge < -0.3 is 30.4 Å². The molecule has 0 spiro atoms. The van der Waals surface area contributed by atoms with Gasteiger partial charge in [0.2, 0.25) is 0 Å². The Hall–Kier alpha value is -3.20. The van der Waals surface area contributed by atoms with E-state index in [-0.39, 0.29) is 18.3 Å². The topological polar surface area (TPSA) is 132 Å². The van der Waals surface area contributed by atoms with E-state index < -0.39 is 24.2 Å². The molecular formula is C24H26N2O6. The second-order valence-electron chi connectivity index (χ2n) is 8.50. The Morgan fingerprint density at radius 1 is 1.16 bits per heavy atom. The van der Waals surface area contributed by atoms with Gasteiger partial charge in [0.1, 0.15) is 24.6 Å². The molecule has 3 aromatic rings. The summed E-state index contributed by atoms with van der Waals surface area (Å²) < 4.78 is 5.60. The minimum absolute atomic E-state index is 0.115. The predicted octanol–water partition coefficient (Wildman–Crippen LogP) is 1.49. The molecule has 1 aromatic heterocycles. The number of H-pyrrole nitrogens is 1.